The molecule has 0 radical (unpaired) electrons. The Morgan fingerprint density at radius 3 is 2.35 bits per heavy atom. The number of nitrogens with zero attached hydrogens (tertiary/aromatic N) is 1. The maximum atomic E-state index is 11.9. The van der Waals surface area contributed by atoms with E-state index in [4.69, 9.17) is 0 Å². The van der Waals surface area contributed by atoms with Crippen molar-refractivity contribution in [3.8, 4) is 0 Å². The third-order valence-corrected chi connectivity index (χ3v) is 5.32. The number of sulfone groups is 1. The average Bonchev–Trinajstić information content (AvgIpc) is 2.16. The van der Waals surface area contributed by atoms with Gasteiger partial charge in [-0.3, -0.25) is 4.98 Å². The van der Waals surface area contributed by atoms with E-state index >= 15 is 0 Å². The summed E-state index contributed by atoms with van der Waals surface area (Å²) in [4.78, 5) is 4.11. The second-order valence-electron chi connectivity index (χ2n) is 4.89. The molecule has 1 heterocycles. The summed E-state index contributed by atoms with van der Waals surface area (Å²) in [5.41, 5.74) is 1.91. The third kappa shape index (κ3) is 2.84. The highest BCUT2D eigenvalue weighted by atomic mass is 32.2. The smallest absolute Gasteiger partial charge is 0.154 e. The molecule has 1 aromatic rings. The number of hydrogen-bond acceptors (Lipinski definition) is 4. The van der Waals surface area contributed by atoms with Crippen molar-refractivity contribution in [3.63, 3.8) is 0 Å². The molecule has 0 saturated carbocycles. The lowest BCUT2D eigenvalue weighted by molar-refractivity contribution is 0.445. The van der Waals surface area contributed by atoms with Gasteiger partial charge < -0.3 is 5.32 Å². The number of rotatable bonds is 4. The number of hydrogen-bond donors (Lipinski definition) is 1. The van der Waals surface area contributed by atoms with Crippen molar-refractivity contribution in [2.75, 3.05) is 13.3 Å². The molecular formula is C12H20N2O2S. The molecular weight excluding hydrogens is 236 g/mol. The largest absolute Gasteiger partial charge is 0.312 e. The molecule has 1 aromatic heterocycles. The number of pyridine rings is 1. The van der Waals surface area contributed by atoms with Crippen LogP contribution in [0.1, 0.15) is 31.0 Å². The summed E-state index contributed by atoms with van der Waals surface area (Å²) in [5, 5.41) is 3.07. The molecule has 0 amide bonds. The van der Waals surface area contributed by atoms with Gasteiger partial charge in [-0.2, -0.15) is 0 Å². The highest BCUT2D eigenvalue weighted by Gasteiger charge is 2.39. The van der Waals surface area contributed by atoms with Crippen LogP contribution in [0.4, 0.5) is 0 Å². The van der Waals surface area contributed by atoms with Crippen LogP contribution >= 0.6 is 0 Å². The minimum absolute atomic E-state index is 0.273. The van der Waals surface area contributed by atoms with Crippen LogP contribution in [0.2, 0.25) is 0 Å². The average molecular weight is 256 g/mol. The van der Waals surface area contributed by atoms with E-state index in [1.807, 2.05) is 13.0 Å². The molecule has 1 atom stereocenters. The Morgan fingerprint density at radius 1 is 1.35 bits per heavy atom. The van der Waals surface area contributed by atoms with Gasteiger partial charge in [-0.25, -0.2) is 8.42 Å². The molecule has 0 aliphatic heterocycles. The standard InChI is InChI=1S/C12H20N2O2S/c1-9-6-10(8-14-7-9)11(13-4)12(2,3)17(5,15)16/h6-8,11,13H,1-5H3. The van der Waals surface area contributed by atoms with Gasteiger partial charge in [0, 0.05) is 18.6 Å². The first-order chi connectivity index (χ1) is 7.70. The molecule has 1 rings (SSSR count). The fraction of sp³-hybridized carbons (Fsp3) is 0.583. The van der Waals surface area contributed by atoms with Crippen molar-refractivity contribution >= 4 is 9.84 Å². The molecule has 0 aliphatic rings. The molecule has 0 spiro atoms. The van der Waals surface area contributed by atoms with Crippen LogP contribution < -0.4 is 5.32 Å². The highest BCUT2D eigenvalue weighted by Crippen LogP contribution is 2.31. The van der Waals surface area contributed by atoms with Gasteiger partial charge in [-0.05, 0) is 38.9 Å². The molecule has 17 heavy (non-hydrogen) atoms. The van der Waals surface area contributed by atoms with Crippen molar-refractivity contribution in [3.05, 3.63) is 29.6 Å². The molecule has 0 aromatic carbocycles. The number of aromatic nitrogens is 1. The maximum Gasteiger partial charge on any atom is 0.154 e. The van der Waals surface area contributed by atoms with Crippen molar-refractivity contribution in [1.82, 2.24) is 10.3 Å². The highest BCUT2D eigenvalue weighted by molar-refractivity contribution is 7.92. The second kappa shape index (κ2) is 4.74. The van der Waals surface area contributed by atoms with E-state index in [2.05, 4.69) is 10.3 Å². The topological polar surface area (TPSA) is 59.1 Å². The normalized spacial score (nSPS) is 14.6. The Balaban J connectivity index is 3.26. The van der Waals surface area contributed by atoms with Crippen LogP contribution in [0.3, 0.4) is 0 Å². The first-order valence-corrected chi connectivity index (χ1v) is 7.37. The van der Waals surface area contributed by atoms with Crippen LogP contribution in [-0.2, 0) is 9.84 Å². The number of nitrogens with one attached hydrogen (secondary N) is 1. The van der Waals surface area contributed by atoms with Crippen LogP contribution in [0.25, 0.3) is 0 Å². The predicted octanol–water partition coefficient (Wildman–Crippen LogP) is 1.47. The summed E-state index contributed by atoms with van der Waals surface area (Å²) < 4.78 is 22.8. The molecule has 5 heteroatoms. The second-order valence-corrected chi connectivity index (χ2v) is 7.49. The molecule has 0 aliphatic carbocycles. The summed E-state index contributed by atoms with van der Waals surface area (Å²) in [6, 6.07) is 1.69. The van der Waals surface area contributed by atoms with Crippen molar-refractivity contribution in [1.29, 1.82) is 0 Å². The van der Waals surface area contributed by atoms with Crippen LogP contribution in [0, 0.1) is 6.92 Å². The summed E-state index contributed by atoms with van der Waals surface area (Å²) in [6.07, 6.45) is 4.73. The van der Waals surface area contributed by atoms with Gasteiger partial charge in [0.15, 0.2) is 9.84 Å². The minimum atomic E-state index is -3.16. The van der Waals surface area contributed by atoms with E-state index in [0.717, 1.165) is 11.1 Å². The monoisotopic (exact) mass is 256 g/mol. The molecule has 0 bridgehead atoms. The van der Waals surface area contributed by atoms with E-state index in [9.17, 15) is 8.42 Å². The van der Waals surface area contributed by atoms with Crippen LogP contribution in [0.5, 0.6) is 0 Å². The molecule has 0 saturated heterocycles. The van der Waals surface area contributed by atoms with E-state index < -0.39 is 14.6 Å². The van der Waals surface area contributed by atoms with Crippen molar-refractivity contribution < 1.29 is 8.42 Å². The fourth-order valence-corrected chi connectivity index (χ4v) is 2.55. The summed E-state index contributed by atoms with van der Waals surface area (Å²) in [7, 11) is -1.40. The molecule has 4 nitrogen and oxygen atoms in total. The zero-order valence-electron chi connectivity index (χ0n) is 11.0. The Bertz CT molecular complexity index is 495. The maximum absolute atomic E-state index is 11.9. The van der Waals surface area contributed by atoms with Crippen LogP contribution in [-0.4, -0.2) is 31.5 Å². The summed E-state index contributed by atoms with van der Waals surface area (Å²) in [6.45, 7) is 5.40. The van der Waals surface area contributed by atoms with Gasteiger partial charge >= 0.3 is 0 Å². The lowest BCUT2D eigenvalue weighted by atomic mass is 9.96. The molecule has 1 N–H and O–H groups in total. The fourth-order valence-electron chi connectivity index (χ4n) is 1.87. The Kier molecular flexibility index (Phi) is 3.94. The van der Waals surface area contributed by atoms with E-state index in [-0.39, 0.29) is 6.04 Å². The van der Waals surface area contributed by atoms with Gasteiger partial charge in [-0.1, -0.05) is 6.07 Å². The van der Waals surface area contributed by atoms with E-state index in [0.29, 0.717) is 0 Å². The van der Waals surface area contributed by atoms with Gasteiger partial charge in [0.1, 0.15) is 0 Å². The minimum Gasteiger partial charge on any atom is -0.312 e. The van der Waals surface area contributed by atoms with Crippen molar-refractivity contribution in [2.45, 2.75) is 31.6 Å². The molecule has 1 unspecified atom stereocenters. The van der Waals surface area contributed by atoms with Gasteiger partial charge in [0.2, 0.25) is 0 Å². The van der Waals surface area contributed by atoms with Crippen molar-refractivity contribution in [2.24, 2.45) is 0 Å². The van der Waals surface area contributed by atoms with Gasteiger partial charge in [-0.15, -0.1) is 0 Å². The number of aryl methyl sites for hydroxylation is 1. The Labute approximate surface area is 103 Å². The van der Waals surface area contributed by atoms with E-state index in [1.54, 1.807) is 33.3 Å². The van der Waals surface area contributed by atoms with Crippen LogP contribution in [0.15, 0.2) is 18.5 Å². The molecule has 96 valence electrons. The van der Waals surface area contributed by atoms with Gasteiger partial charge in [0.05, 0.1) is 10.8 Å². The third-order valence-electron chi connectivity index (χ3n) is 3.17. The summed E-state index contributed by atoms with van der Waals surface area (Å²) >= 11 is 0. The first-order valence-electron chi connectivity index (χ1n) is 5.48. The lowest BCUT2D eigenvalue weighted by Crippen LogP contribution is -2.43. The predicted molar refractivity (Wildman–Crippen MR) is 69.7 cm³/mol. The zero-order chi connectivity index (χ0) is 13.3. The lowest BCUT2D eigenvalue weighted by Gasteiger charge is -2.32. The molecule has 0 fully saturated rings. The Hall–Kier alpha value is -0.940. The van der Waals surface area contributed by atoms with E-state index in [1.165, 1.54) is 6.26 Å². The van der Waals surface area contributed by atoms with Gasteiger partial charge in [0.25, 0.3) is 0 Å². The summed E-state index contributed by atoms with van der Waals surface area (Å²) in [5.74, 6) is 0. The SMILES string of the molecule is CNC(c1cncc(C)c1)C(C)(C)S(C)(=O)=O. The zero-order valence-corrected chi connectivity index (χ0v) is 11.8. The quantitative estimate of drug-likeness (QED) is 0.886. The Morgan fingerprint density at radius 2 is 1.94 bits per heavy atom. The first kappa shape index (κ1) is 14.1.